The highest BCUT2D eigenvalue weighted by molar-refractivity contribution is 7.91. The first-order valence-corrected chi connectivity index (χ1v) is 7.60. The first-order valence-electron chi connectivity index (χ1n) is 5.78. The highest BCUT2D eigenvalue weighted by Gasteiger charge is 2.25. The largest absolute Gasteiger partial charge is 0.481 e. The summed E-state index contributed by atoms with van der Waals surface area (Å²) in [6.07, 6.45) is 1.17. The number of amides is 2. The quantitative estimate of drug-likeness (QED) is 0.646. The van der Waals surface area contributed by atoms with Crippen molar-refractivity contribution in [3.05, 3.63) is 0 Å². The zero-order valence-electron chi connectivity index (χ0n) is 10.2. The van der Waals surface area contributed by atoms with E-state index in [2.05, 4.69) is 10.6 Å². The summed E-state index contributed by atoms with van der Waals surface area (Å²) >= 11 is 0. The fourth-order valence-corrected chi connectivity index (χ4v) is 3.34. The number of carboxylic acids is 1. The summed E-state index contributed by atoms with van der Waals surface area (Å²) in [5.41, 5.74) is 0. The third-order valence-corrected chi connectivity index (χ3v) is 4.61. The summed E-state index contributed by atoms with van der Waals surface area (Å²) in [5.74, 6) is -1.54. The summed E-state index contributed by atoms with van der Waals surface area (Å²) < 4.78 is 22.7. The molecule has 8 heteroatoms. The molecule has 2 unspecified atom stereocenters. The standard InChI is InChI=1S/C10H18N2O5S/c1-7(9(13)14)5-11-10(15)12-8-3-2-4-18(16,17)6-8/h7-8H,2-6H2,1H3,(H,13,14)(H2,11,12,15). The molecule has 2 amide bonds. The van der Waals surface area contributed by atoms with Crippen LogP contribution < -0.4 is 10.6 Å². The fraction of sp³-hybridized carbons (Fsp3) is 0.800. The van der Waals surface area contributed by atoms with Gasteiger partial charge in [0.2, 0.25) is 0 Å². The Morgan fingerprint density at radius 1 is 1.44 bits per heavy atom. The topological polar surface area (TPSA) is 113 Å². The van der Waals surface area contributed by atoms with Gasteiger partial charge in [0.25, 0.3) is 0 Å². The molecule has 0 bridgehead atoms. The van der Waals surface area contributed by atoms with Gasteiger partial charge in [0.15, 0.2) is 9.84 Å². The van der Waals surface area contributed by atoms with E-state index in [1.165, 1.54) is 6.92 Å². The molecule has 1 aliphatic heterocycles. The number of carbonyl (C=O) groups is 2. The maximum atomic E-state index is 11.4. The molecular weight excluding hydrogens is 260 g/mol. The predicted octanol–water partition coefficient (Wildman–Crippen LogP) is -0.416. The van der Waals surface area contributed by atoms with Crippen LogP contribution in [0.2, 0.25) is 0 Å². The van der Waals surface area contributed by atoms with Gasteiger partial charge in [0.1, 0.15) is 0 Å². The lowest BCUT2D eigenvalue weighted by Gasteiger charge is -2.23. The van der Waals surface area contributed by atoms with Crippen LogP contribution in [0.5, 0.6) is 0 Å². The second kappa shape index (κ2) is 6.03. The van der Waals surface area contributed by atoms with Gasteiger partial charge in [-0.25, -0.2) is 13.2 Å². The predicted molar refractivity (Wildman–Crippen MR) is 65.0 cm³/mol. The Morgan fingerprint density at radius 2 is 2.11 bits per heavy atom. The minimum Gasteiger partial charge on any atom is -0.481 e. The second-order valence-corrected chi connectivity index (χ2v) is 6.78. The first kappa shape index (κ1) is 14.7. The van der Waals surface area contributed by atoms with Crippen LogP contribution in [0.1, 0.15) is 19.8 Å². The number of carboxylic acid groups (broad SMARTS) is 1. The van der Waals surface area contributed by atoms with E-state index >= 15 is 0 Å². The van der Waals surface area contributed by atoms with Gasteiger partial charge in [0.05, 0.1) is 17.4 Å². The number of urea groups is 1. The molecule has 18 heavy (non-hydrogen) atoms. The van der Waals surface area contributed by atoms with Gasteiger partial charge in [-0.1, -0.05) is 6.92 Å². The lowest BCUT2D eigenvalue weighted by molar-refractivity contribution is -0.140. The van der Waals surface area contributed by atoms with Gasteiger partial charge in [-0.2, -0.15) is 0 Å². The maximum absolute atomic E-state index is 11.4. The molecule has 104 valence electrons. The molecule has 2 atom stereocenters. The zero-order valence-corrected chi connectivity index (χ0v) is 11.0. The molecule has 1 heterocycles. The SMILES string of the molecule is CC(CNC(=O)NC1CCCS(=O)(=O)C1)C(=O)O. The third-order valence-electron chi connectivity index (χ3n) is 2.79. The van der Waals surface area contributed by atoms with E-state index in [9.17, 15) is 18.0 Å². The Kier molecular flexibility index (Phi) is 4.94. The van der Waals surface area contributed by atoms with Crippen molar-refractivity contribution >= 4 is 21.8 Å². The van der Waals surface area contributed by atoms with Crippen molar-refractivity contribution in [3.63, 3.8) is 0 Å². The molecule has 0 aromatic rings. The molecule has 1 saturated heterocycles. The van der Waals surface area contributed by atoms with Gasteiger partial charge >= 0.3 is 12.0 Å². The number of rotatable bonds is 4. The number of aliphatic carboxylic acids is 1. The Labute approximate surface area is 106 Å². The normalized spacial score (nSPS) is 23.9. The van der Waals surface area contributed by atoms with E-state index < -0.39 is 27.8 Å². The third kappa shape index (κ3) is 4.91. The molecule has 0 aromatic carbocycles. The highest BCUT2D eigenvalue weighted by atomic mass is 32.2. The van der Waals surface area contributed by atoms with Crippen molar-refractivity contribution in [2.24, 2.45) is 5.92 Å². The molecule has 0 aromatic heterocycles. The van der Waals surface area contributed by atoms with E-state index in [4.69, 9.17) is 5.11 Å². The van der Waals surface area contributed by atoms with Gasteiger partial charge in [-0.05, 0) is 12.8 Å². The van der Waals surface area contributed by atoms with Crippen molar-refractivity contribution < 1.29 is 23.1 Å². The summed E-state index contributed by atoms with van der Waals surface area (Å²) in [5, 5.41) is 13.6. The van der Waals surface area contributed by atoms with Crippen LogP contribution in [0.25, 0.3) is 0 Å². The number of hydrogen-bond acceptors (Lipinski definition) is 4. The molecule has 0 spiro atoms. The van der Waals surface area contributed by atoms with Crippen LogP contribution in [0, 0.1) is 5.92 Å². The van der Waals surface area contributed by atoms with Crippen LogP contribution in [0.15, 0.2) is 0 Å². The van der Waals surface area contributed by atoms with Gasteiger partial charge in [0, 0.05) is 12.6 Å². The second-order valence-electron chi connectivity index (χ2n) is 4.55. The molecule has 0 saturated carbocycles. The lowest BCUT2D eigenvalue weighted by atomic mass is 10.2. The minimum absolute atomic E-state index is 0.0145. The van der Waals surface area contributed by atoms with E-state index in [1.807, 2.05) is 0 Å². The number of carbonyl (C=O) groups excluding carboxylic acids is 1. The monoisotopic (exact) mass is 278 g/mol. The van der Waals surface area contributed by atoms with E-state index in [0.717, 1.165) is 0 Å². The summed E-state index contributed by atoms with van der Waals surface area (Å²) in [4.78, 5) is 22.0. The summed E-state index contributed by atoms with van der Waals surface area (Å²) in [7, 11) is -3.06. The smallest absolute Gasteiger partial charge is 0.315 e. The number of nitrogens with one attached hydrogen (secondary N) is 2. The lowest BCUT2D eigenvalue weighted by Crippen LogP contribution is -2.48. The van der Waals surface area contributed by atoms with Crippen LogP contribution in [-0.4, -0.2) is 49.6 Å². The Hall–Kier alpha value is -1.31. The van der Waals surface area contributed by atoms with Crippen molar-refractivity contribution in [1.29, 1.82) is 0 Å². The minimum atomic E-state index is -3.06. The number of hydrogen-bond donors (Lipinski definition) is 3. The molecule has 1 fully saturated rings. The Bertz CT molecular complexity index is 420. The summed E-state index contributed by atoms with van der Waals surface area (Å²) in [6, 6.07) is -0.908. The van der Waals surface area contributed by atoms with Crippen LogP contribution in [0.4, 0.5) is 4.79 Å². The average molecular weight is 278 g/mol. The van der Waals surface area contributed by atoms with Crippen molar-refractivity contribution in [2.75, 3.05) is 18.1 Å². The van der Waals surface area contributed by atoms with Crippen molar-refractivity contribution in [2.45, 2.75) is 25.8 Å². The molecule has 0 aliphatic carbocycles. The molecular formula is C10H18N2O5S. The molecule has 0 radical (unpaired) electrons. The zero-order chi connectivity index (χ0) is 13.8. The van der Waals surface area contributed by atoms with Crippen LogP contribution in [-0.2, 0) is 14.6 Å². The molecule has 3 N–H and O–H groups in total. The summed E-state index contributed by atoms with van der Waals surface area (Å²) in [6.45, 7) is 1.49. The van der Waals surface area contributed by atoms with Gasteiger partial charge < -0.3 is 15.7 Å². The molecule has 1 aliphatic rings. The number of sulfone groups is 1. The molecule has 7 nitrogen and oxygen atoms in total. The average Bonchev–Trinajstić information content (AvgIpc) is 2.24. The highest BCUT2D eigenvalue weighted by Crippen LogP contribution is 2.11. The fourth-order valence-electron chi connectivity index (χ4n) is 1.71. The first-order chi connectivity index (χ1) is 8.30. The van der Waals surface area contributed by atoms with Gasteiger partial charge in [-0.3, -0.25) is 4.79 Å². The van der Waals surface area contributed by atoms with E-state index in [-0.39, 0.29) is 24.1 Å². The van der Waals surface area contributed by atoms with Crippen LogP contribution in [0.3, 0.4) is 0 Å². The van der Waals surface area contributed by atoms with Crippen LogP contribution >= 0.6 is 0 Å². The van der Waals surface area contributed by atoms with Crippen molar-refractivity contribution in [3.8, 4) is 0 Å². The van der Waals surface area contributed by atoms with E-state index in [0.29, 0.717) is 12.8 Å². The van der Waals surface area contributed by atoms with E-state index in [1.54, 1.807) is 0 Å². The van der Waals surface area contributed by atoms with Gasteiger partial charge in [-0.15, -0.1) is 0 Å². The Morgan fingerprint density at radius 3 is 2.67 bits per heavy atom. The maximum Gasteiger partial charge on any atom is 0.315 e. The Balaban J connectivity index is 2.34. The molecule has 1 rings (SSSR count). The van der Waals surface area contributed by atoms with Crippen molar-refractivity contribution in [1.82, 2.24) is 10.6 Å².